The van der Waals surface area contributed by atoms with Crippen LogP contribution in [-0.4, -0.2) is 9.97 Å². The minimum atomic E-state index is -0.294. The van der Waals surface area contributed by atoms with Gasteiger partial charge in [-0.3, -0.25) is 0 Å². The number of hydrogen-bond donors (Lipinski definition) is 0. The van der Waals surface area contributed by atoms with E-state index in [0.717, 1.165) is 21.1 Å². The van der Waals surface area contributed by atoms with Crippen molar-refractivity contribution in [2.75, 3.05) is 0 Å². The Balaban J connectivity index is 2.05. The van der Waals surface area contributed by atoms with E-state index < -0.39 is 0 Å². The largest absolute Gasteiger partial charge is 0.243 e. The molecule has 102 valence electrons. The second-order valence-corrected chi connectivity index (χ2v) is 6.40. The second kappa shape index (κ2) is 5.02. The number of fused-ring (bicyclic) bond motifs is 1. The first-order chi connectivity index (χ1) is 10.3. The normalized spacial score (nSPS) is 11.1. The van der Waals surface area contributed by atoms with E-state index in [1.165, 1.54) is 12.1 Å². The van der Waals surface area contributed by atoms with Crippen molar-refractivity contribution >= 4 is 33.7 Å². The Morgan fingerprint density at radius 1 is 0.762 bits per heavy atom. The summed E-state index contributed by atoms with van der Waals surface area (Å²) in [6.45, 7) is 0. The highest BCUT2D eigenvalue weighted by atomic mass is 32.1. The number of benzene rings is 1. The lowest BCUT2D eigenvalue weighted by Crippen LogP contribution is -1.93. The van der Waals surface area contributed by atoms with Crippen molar-refractivity contribution in [1.29, 1.82) is 0 Å². The van der Waals surface area contributed by atoms with Crippen molar-refractivity contribution in [3.63, 3.8) is 0 Å². The zero-order valence-corrected chi connectivity index (χ0v) is 12.4. The molecular weight excluding hydrogens is 303 g/mol. The Kier molecular flexibility index (Phi) is 3.02. The summed E-state index contributed by atoms with van der Waals surface area (Å²) in [6.07, 6.45) is 0. The van der Waals surface area contributed by atoms with Crippen LogP contribution in [0.4, 0.5) is 4.39 Å². The smallest absolute Gasteiger partial charge is 0.125 e. The highest BCUT2D eigenvalue weighted by Crippen LogP contribution is 2.35. The van der Waals surface area contributed by atoms with E-state index in [1.807, 2.05) is 35.0 Å². The van der Waals surface area contributed by atoms with Gasteiger partial charge in [-0.2, -0.15) is 0 Å². The van der Waals surface area contributed by atoms with E-state index in [9.17, 15) is 4.39 Å². The highest BCUT2D eigenvalue weighted by Gasteiger charge is 2.14. The number of hydrogen-bond acceptors (Lipinski definition) is 4. The molecule has 0 atom stereocenters. The van der Waals surface area contributed by atoms with Gasteiger partial charge in [0.05, 0.1) is 20.8 Å². The van der Waals surface area contributed by atoms with Crippen LogP contribution in [0.1, 0.15) is 0 Å². The SMILES string of the molecule is Fc1ccc2nc(-c3cccs3)c(-c3cccs3)nc2c1. The lowest BCUT2D eigenvalue weighted by Gasteiger charge is -2.07. The number of thiophene rings is 2. The molecule has 4 aromatic rings. The molecule has 0 radical (unpaired) electrons. The number of nitrogens with zero attached hydrogens (tertiary/aromatic N) is 2. The average molecular weight is 312 g/mol. The first-order valence-corrected chi connectivity index (χ1v) is 8.12. The maximum absolute atomic E-state index is 13.4. The molecule has 0 unspecified atom stereocenters. The molecule has 3 aromatic heterocycles. The lowest BCUT2D eigenvalue weighted by molar-refractivity contribution is 0.629. The van der Waals surface area contributed by atoms with Crippen LogP contribution < -0.4 is 0 Å². The van der Waals surface area contributed by atoms with Crippen molar-refractivity contribution < 1.29 is 4.39 Å². The molecule has 0 amide bonds. The number of rotatable bonds is 2. The molecule has 5 heteroatoms. The third-order valence-electron chi connectivity index (χ3n) is 3.14. The molecule has 0 aliphatic heterocycles. The van der Waals surface area contributed by atoms with Crippen LogP contribution >= 0.6 is 22.7 Å². The predicted molar refractivity (Wildman–Crippen MR) is 86.1 cm³/mol. The van der Waals surface area contributed by atoms with Gasteiger partial charge in [0.2, 0.25) is 0 Å². The minimum absolute atomic E-state index is 0.294. The Morgan fingerprint density at radius 2 is 1.38 bits per heavy atom. The third kappa shape index (κ3) is 2.24. The molecule has 0 aliphatic carbocycles. The highest BCUT2D eigenvalue weighted by molar-refractivity contribution is 7.14. The first-order valence-electron chi connectivity index (χ1n) is 6.36. The molecule has 0 spiro atoms. The van der Waals surface area contributed by atoms with Gasteiger partial charge in [0.15, 0.2) is 0 Å². The van der Waals surface area contributed by atoms with Crippen LogP contribution in [0.15, 0.2) is 53.2 Å². The molecule has 2 nitrogen and oxygen atoms in total. The van der Waals surface area contributed by atoms with E-state index in [0.29, 0.717) is 11.0 Å². The van der Waals surface area contributed by atoms with E-state index in [4.69, 9.17) is 4.98 Å². The zero-order chi connectivity index (χ0) is 14.2. The third-order valence-corrected chi connectivity index (χ3v) is 4.89. The Hall–Kier alpha value is -2.11. The molecular formula is C16H9FN2S2. The maximum atomic E-state index is 13.4. The topological polar surface area (TPSA) is 25.8 Å². The molecule has 0 saturated heterocycles. The van der Waals surface area contributed by atoms with Crippen LogP contribution in [0.25, 0.3) is 32.2 Å². The van der Waals surface area contributed by atoms with Crippen LogP contribution in [0.5, 0.6) is 0 Å². The van der Waals surface area contributed by atoms with Crippen LogP contribution in [0, 0.1) is 5.82 Å². The molecule has 1 aromatic carbocycles. The first kappa shape index (κ1) is 12.6. The van der Waals surface area contributed by atoms with Crippen molar-refractivity contribution in [1.82, 2.24) is 9.97 Å². The van der Waals surface area contributed by atoms with Gasteiger partial charge in [-0.05, 0) is 35.0 Å². The van der Waals surface area contributed by atoms with Gasteiger partial charge in [-0.1, -0.05) is 12.1 Å². The molecule has 0 saturated carbocycles. The summed E-state index contributed by atoms with van der Waals surface area (Å²) < 4.78 is 13.4. The summed E-state index contributed by atoms with van der Waals surface area (Å²) in [5.41, 5.74) is 2.95. The minimum Gasteiger partial charge on any atom is -0.243 e. The molecule has 3 heterocycles. The Bertz CT molecular complexity index is 900. The van der Waals surface area contributed by atoms with Crippen molar-refractivity contribution in [2.45, 2.75) is 0 Å². The van der Waals surface area contributed by atoms with Gasteiger partial charge in [-0.25, -0.2) is 14.4 Å². The van der Waals surface area contributed by atoms with Crippen LogP contribution in [0.2, 0.25) is 0 Å². The van der Waals surface area contributed by atoms with Crippen molar-refractivity contribution in [3.05, 3.63) is 59.0 Å². The summed E-state index contributed by atoms with van der Waals surface area (Å²) in [4.78, 5) is 11.5. The fourth-order valence-corrected chi connectivity index (χ4v) is 3.63. The van der Waals surface area contributed by atoms with Gasteiger partial charge >= 0.3 is 0 Å². The standard InChI is InChI=1S/C16H9FN2S2/c17-10-5-6-11-12(9-10)19-16(14-4-2-8-21-14)15(18-11)13-3-1-7-20-13/h1-9H. The van der Waals surface area contributed by atoms with Crippen molar-refractivity contribution in [3.8, 4) is 21.1 Å². The fourth-order valence-electron chi connectivity index (χ4n) is 2.20. The van der Waals surface area contributed by atoms with Gasteiger partial charge in [-0.15, -0.1) is 22.7 Å². The van der Waals surface area contributed by atoms with Crippen LogP contribution in [-0.2, 0) is 0 Å². The number of halogens is 1. The van der Waals surface area contributed by atoms with E-state index in [-0.39, 0.29) is 5.82 Å². The summed E-state index contributed by atoms with van der Waals surface area (Å²) in [5, 5.41) is 4.02. The lowest BCUT2D eigenvalue weighted by atomic mass is 10.2. The summed E-state index contributed by atoms with van der Waals surface area (Å²) in [6, 6.07) is 12.5. The summed E-state index contributed by atoms with van der Waals surface area (Å²) in [7, 11) is 0. The van der Waals surface area contributed by atoms with Gasteiger partial charge in [0.1, 0.15) is 17.2 Å². The molecule has 21 heavy (non-hydrogen) atoms. The summed E-state index contributed by atoms with van der Waals surface area (Å²) in [5.74, 6) is -0.294. The monoisotopic (exact) mass is 312 g/mol. The summed E-state index contributed by atoms with van der Waals surface area (Å²) >= 11 is 3.24. The fraction of sp³-hybridized carbons (Fsp3) is 0. The van der Waals surface area contributed by atoms with E-state index in [1.54, 1.807) is 28.7 Å². The number of aromatic nitrogens is 2. The Labute approximate surface area is 128 Å². The van der Waals surface area contributed by atoms with Crippen molar-refractivity contribution in [2.24, 2.45) is 0 Å². The molecule has 4 rings (SSSR count). The molecule has 0 aliphatic rings. The average Bonchev–Trinajstić information content (AvgIpc) is 3.19. The van der Waals surface area contributed by atoms with Gasteiger partial charge < -0.3 is 0 Å². The molecule has 0 fully saturated rings. The van der Waals surface area contributed by atoms with Gasteiger partial charge in [0, 0.05) is 6.07 Å². The van der Waals surface area contributed by atoms with Gasteiger partial charge in [0.25, 0.3) is 0 Å². The molecule has 0 bridgehead atoms. The predicted octanol–water partition coefficient (Wildman–Crippen LogP) is 5.23. The quantitative estimate of drug-likeness (QED) is 0.507. The Morgan fingerprint density at radius 3 is 1.95 bits per heavy atom. The molecule has 0 N–H and O–H groups in total. The van der Waals surface area contributed by atoms with E-state index in [2.05, 4.69) is 4.98 Å². The van der Waals surface area contributed by atoms with E-state index >= 15 is 0 Å². The second-order valence-electron chi connectivity index (χ2n) is 4.51. The zero-order valence-electron chi connectivity index (χ0n) is 10.8. The maximum Gasteiger partial charge on any atom is 0.125 e. The van der Waals surface area contributed by atoms with Crippen LogP contribution in [0.3, 0.4) is 0 Å².